The Morgan fingerprint density at radius 1 is 1.18 bits per heavy atom. The molecule has 0 heterocycles. The van der Waals surface area contributed by atoms with Crippen LogP contribution in [0.3, 0.4) is 0 Å². The lowest BCUT2D eigenvalue weighted by Gasteiger charge is -2.27. The van der Waals surface area contributed by atoms with Gasteiger partial charge in [-0.15, -0.1) is 0 Å². The van der Waals surface area contributed by atoms with Crippen molar-refractivity contribution in [3.05, 3.63) is 34.9 Å². The number of carbonyl (C=O) groups is 3. The van der Waals surface area contributed by atoms with Crippen molar-refractivity contribution in [3.63, 3.8) is 0 Å². The minimum atomic E-state index is -0.977. The molecular weight excluding hydrogens is 308 g/mol. The van der Waals surface area contributed by atoms with Gasteiger partial charge in [-0.2, -0.15) is 0 Å². The number of hydrogen-bond acceptors (Lipinski definition) is 4. The summed E-state index contributed by atoms with van der Waals surface area (Å²) in [7, 11) is 0. The predicted octanol–water partition coefficient (Wildman–Crippen LogP) is 1.89. The number of benzene rings is 1. The van der Waals surface area contributed by atoms with Gasteiger partial charge < -0.3 is 10.5 Å². The van der Waals surface area contributed by atoms with Crippen LogP contribution in [0.4, 0.5) is 4.79 Å². The molecular formula is C15H17ClN2O4. The fourth-order valence-electron chi connectivity index (χ4n) is 2.80. The Bertz CT molecular complexity index is 580. The Labute approximate surface area is 133 Å². The fourth-order valence-corrected chi connectivity index (χ4v) is 2.93. The normalized spacial score (nSPS) is 16.0. The molecule has 6 nitrogen and oxygen atoms in total. The van der Waals surface area contributed by atoms with Crippen LogP contribution < -0.4 is 11.1 Å². The van der Waals surface area contributed by atoms with E-state index in [0.717, 1.165) is 18.4 Å². The van der Waals surface area contributed by atoms with Gasteiger partial charge in [0.2, 0.25) is 0 Å². The number of esters is 1. The summed E-state index contributed by atoms with van der Waals surface area (Å²) in [4.78, 5) is 34.4. The molecule has 1 aromatic rings. The van der Waals surface area contributed by atoms with Crippen LogP contribution >= 0.6 is 11.6 Å². The number of nitrogens with two attached hydrogens (primary N) is 1. The highest BCUT2D eigenvalue weighted by Crippen LogP contribution is 2.42. The maximum atomic E-state index is 12.5. The van der Waals surface area contributed by atoms with E-state index in [0.29, 0.717) is 17.9 Å². The van der Waals surface area contributed by atoms with E-state index in [9.17, 15) is 14.4 Å². The van der Waals surface area contributed by atoms with Crippen molar-refractivity contribution < 1.29 is 19.1 Å². The molecule has 3 N–H and O–H groups in total. The molecule has 0 aliphatic heterocycles. The number of carbonyl (C=O) groups excluding carboxylic acids is 3. The van der Waals surface area contributed by atoms with Gasteiger partial charge >= 0.3 is 12.0 Å². The average molecular weight is 325 g/mol. The van der Waals surface area contributed by atoms with E-state index < -0.39 is 29.9 Å². The van der Waals surface area contributed by atoms with E-state index in [4.69, 9.17) is 22.1 Å². The van der Waals surface area contributed by atoms with E-state index in [1.807, 2.05) is 5.32 Å². The number of hydrogen-bond donors (Lipinski definition) is 2. The minimum absolute atomic E-state index is 0.466. The highest BCUT2D eigenvalue weighted by Gasteiger charge is 2.44. The fraction of sp³-hybridized carbons (Fsp3) is 0.400. The van der Waals surface area contributed by atoms with Crippen LogP contribution in [0.5, 0.6) is 0 Å². The molecule has 22 heavy (non-hydrogen) atoms. The Morgan fingerprint density at radius 2 is 1.77 bits per heavy atom. The van der Waals surface area contributed by atoms with Crippen LogP contribution in [0.15, 0.2) is 24.3 Å². The third kappa shape index (κ3) is 3.57. The molecule has 7 heteroatoms. The maximum Gasteiger partial charge on any atom is 0.318 e. The summed E-state index contributed by atoms with van der Waals surface area (Å²) in [6, 6.07) is 6.08. The Morgan fingerprint density at radius 3 is 2.32 bits per heavy atom. The number of urea groups is 1. The first-order chi connectivity index (χ1) is 10.4. The van der Waals surface area contributed by atoms with Gasteiger partial charge in [0.25, 0.3) is 5.91 Å². The summed E-state index contributed by atoms with van der Waals surface area (Å²) >= 11 is 5.88. The minimum Gasteiger partial charge on any atom is -0.455 e. The van der Waals surface area contributed by atoms with Crippen molar-refractivity contribution in [1.29, 1.82) is 0 Å². The Balaban J connectivity index is 2.10. The Hall–Kier alpha value is -2.08. The van der Waals surface area contributed by atoms with Crippen molar-refractivity contribution in [2.45, 2.75) is 31.1 Å². The van der Waals surface area contributed by atoms with E-state index in [2.05, 4.69) is 0 Å². The van der Waals surface area contributed by atoms with Crippen LogP contribution in [0, 0.1) is 0 Å². The summed E-state index contributed by atoms with van der Waals surface area (Å²) in [5.41, 5.74) is 4.91. The third-order valence-electron chi connectivity index (χ3n) is 3.84. The molecule has 1 fully saturated rings. The van der Waals surface area contributed by atoms with Crippen molar-refractivity contribution >= 4 is 29.5 Å². The molecule has 1 aliphatic rings. The molecule has 2 rings (SSSR count). The number of rotatable bonds is 4. The topological polar surface area (TPSA) is 98.5 Å². The number of halogens is 1. The van der Waals surface area contributed by atoms with E-state index >= 15 is 0 Å². The SMILES string of the molecule is NC(=O)NC(=O)COC(=O)C1(c2ccc(Cl)cc2)CCCC1. The number of imide groups is 1. The lowest BCUT2D eigenvalue weighted by atomic mass is 9.79. The first-order valence-corrected chi connectivity index (χ1v) is 7.34. The smallest absolute Gasteiger partial charge is 0.318 e. The molecule has 0 saturated heterocycles. The van der Waals surface area contributed by atoms with E-state index in [-0.39, 0.29) is 0 Å². The van der Waals surface area contributed by atoms with Crippen LogP contribution in [0.1, 0.15) is 31.2 Å². The average Bonchev–Trinajstić information content (AvgIpc) is 2.95. The van der Waals surface area contributed by atoms with E-state index in [1.54, 1.807) is 24.3 Å². The zero-order valence-corrected chi connectivity index (χ0v) is 12.7. The summed E-state index contributed by atoms with van der Waals surface area (Å²) in [5.74, 6) is -1.21. The van der Waals surface area contributed by atoms with Gasteiger partial charge in [-0.05, 0) is 30.5 Å². The lowest BCUT2D eigenvalue weighted by Crippen LogP contribution is -2.40. The van der Waals surface area contributed by atoms with Gasteiger partial charge in [-0.1, -0.05) is 36.6 Å². The molecule has 1 aromatic carbocycles. The first kappa shape index (κ1) is 16.3. The summed E-state index contributed by atoms with van der Waals surface area (Å²) < 4.78 is 5.08. The van der Waals surface area contributed by atoms with Gasteiger partial charge in [-0.3, -0.25) is 14.9 Å². The zero-order chi connectivity index (χ0) is 16.2. The molecule has 0 spiro atoms. The molecule has 1 aliphatic carbocycles. The second-order valence-electron chi connectivity index (χ2n) is 5.28. The highest BCUT2D eigenvalue weighted by molar-refractivity contribution is 6.30. The van der Waals surface area contributed by atoms with Crippen molar-refractivity contribution in [2.75, 3.05) is 6.61 Å². The molecule has 118 valence electrons. The first-order valence-electron chi connectivity index (χ1n) is 6.96. The monoisotopic (exact) mass is 324 g/mol. The molecule has 1 saturated carbocycles. The summed E-state index contributed by atoms with van der Waals surface area (Å²) in [6.07, 6.45) is 3.13. The largest absolute Gasteiger partial charge is 0.455 e. The summed E-state index contributed by atoms with van der Waals surface area (Å²) in [6.45, 7) is -0.531. The predicted molar refractivity (Wildman–Crippen MR) is 80.3 cm³/mol. The molecule has 0 radical (unpaired) electrons. The zero-order valence-electron chi connectivity index (χ0n) is 11.9. The second-order valence-corrected chi connectivity index (χ2v) is 5.72. The number of nitrogens with one attached hydrogen (secondary N) is 1. The molecule has 3 amide bonds. The highest BCUT2D eigenvalue weighted by atomic mass is 35.5. The lowest BCUT2D eigenvalue weighted by molar-refractivity contribution is -0.154. The van der Waals surface area contributed by atoms with Crippen LogP contribution in [-0.2, 0) is 19.7 Å². The standard InChI is InChI=1S/C15H17ClN2O4/c16-11-5-3-10(4-6-11)15(7-1-2-8-15)13(20)22-9-12(19)18-14(17)21/h3-6H,1-2,7-9H2,(H3,17,18,19,21). The van der Waals surface area contributed by atoms with Crippen LogP contribution in [0.25, 0.3) is 0 Å². The number of ether oxygens (including phenoxy) is 1. The quantitative estimate of drug-likeness (QED) is 0.826. The third-order valence-corrected chi connectivity index (χ3v) is 4.09. The van der Waals surface area contributed by atoms with E-state index in [1.165, 1.54) is 0 Å². The van der Waals surface area contributed by atoms with Crippen LogP contribution in [-0.4, -0.2) is 24.5 Å². The van der Waals surface area contributed by atoms with Crippen LogP contribution in [0.2, 0.25) is 5.02 Å². The molecule has 0 unspecified atom stereocenters. The molecule has 0 aromatic heterocycles. The second kappa shape index (κ2) is 6.79. The van der Waals surface area contributed by atoms with Gasteiger partial charge in [-0.25, -0.2) is 4.79 Å². The van der Waals surface area contributed by atoms with Gasteiger partial charge in [0.05, 0.1) is 5.41 Å². The van der Waals surface area contributed by atoms with Crippen molar-refractivity contribution in [1.82, 2.24) is 5.32 Å². The van der Waals surface area contributed by atoms with Gasteiger partial charge in [0.15, 0.2) is 6.61 Å². The molecule has 0 bridgehead atoms. The maximum absolute atomic E-state index is 12.5. The van der Waals surface area contributed by atoms with Crippen molar-refractivity contribution in [2.24, 2.45) is 5.73 Å². The molecule has 0 atom stereocenters. The van der Waals surface area contributed by atoms with Gasteiger partial charge in [0, 0.05) is 5.02 Å². The van der Waals surface area contributed by atoms with Gasteiger partial charge in [0.1, 0.15) is 0 Å². The number of amides is 3. The summed E-state index contributed by atoms with van der Waals surface area (Å²) in [5, 5.41) is 2.44. The van der Waals surface area contributed by atoms with Crippen molar-refractivity contribution in [3.8, 4) is 0 Å². The number of primary amides is 1. The Kier molecular flexibility index (Phi) is 5.03.